The van der Waals surface area contributed by atoms with Gasteiger partial charge in [0, 0.05) is 11.6 Å². The summed E-state index contributed by atoms with van der Waals surface area (Å²) in [7, 11) is 0. The van der Waals surface area contributed by atoms with Crippen molar-refractivity contribution in [1.29, 1.82) is 0 Å². The van der Waals surface area contributed by atoms with Gasteiger partial charge in [0.25, 0.3) is 5.69 Å². The van der Waals surface area contributed by atoms with Crippen LogP contribution in [0.1, 0.15) is 5.56 Å². The minimum absolute atomic E-state index is 0.156. The Morgan fingerprint density at radius 3 is 2.36 bits per heavy atom. The van der Waals surface area contributed by atoms with E-state index < -0.39 is 16.7 Å². The van der Waals surface area contributed by atoms with Crippen molar-refractivity contribution in [3.8, 4) is 11.4 Å². The monoisotopic (exact) mass is 308 g/mol. The van der Waals surface area contributed by atoms with E-state index in [0.29, 0.717) is 11.2 Å². The summed E-state index contributed by atoms with van der Waals surface area (Å²) in [6, 6.07) is 7.07. The minimum Gasteiger partial charge on any atom is -0.258 e. The molecule has 0 amide bonds. The molecule has 0 aliphatic rings. The van der Waals surface area contributed by atoms with Crippen LogP contribution in [-0.4, -0.2) is 19.5 Å². The molecule has 0 aliphatic heterocycles. The van der Waals surface area contributed by atoms with Crippen LogP contribution in [0.5, 0.6) is 0 Å². The molecule has 0 bridgehead atoms. The number of nitro groups is 1. The highest BCUT2D eigenvalue weighted by Crippen LogP contribution is 2.30. The molecule has 0 saturated heterocycles. The SMILES string of the molecule is O=[N+]([O-])c1ccc2nc(-c3ccc(C(F)(F)F)cc3)nn2c1. The van der Waals surface area contributed by atoms with E-state index in [2.05, 4.69) is 10.1 Å². The van der Waals surface area contributed by atoms with Gasteiger partial charge in [0.15, 0.2) is 11.5 Å². The molecule has 0 saturated carbocycles. The van der Waals surface area contributed by atoms with Gasteiger partial charge in [-0.25, -0.2) is 9.50 Å². The van der Waals surface area contributed by atoms with Crippen LogP contribution in [0.4, 0.5) is 18.9 Å². The number of hydrogen-bond donors (Lipinski definition) is 0. The lowest BCUT2D eigenvalue weighted by atomic mass is 10.1. The second-order valence-corrected chi connectivity index (χ2v) is 4.46. The fourth-order valence-electron chi connectivity index (χ4n) is 1.91. The van der Waals surface area contributed by atoms with Gasteiger partial charge in [-0.05, 0) is 18.2 Å². The molecule has 1 aromatic carbocycles. The van der Waals surface area contributed by atoms with E-state index in [1.807, 2.05) is 0 Å². The molecule has 0 radical (unpaired) electrons. The van der Waals surface area contributed by atoms with Gasteiger partial charge in [-0.2, -0.15) is 13.2 Å². The number of alkyl halides is 3. The standard InChI is InChI=1S/C13H7F3N4O2/c14-13(15,16)9-3-1-8(2-4-9)12-17-11-6-5-10(20(21)22)7-19(11)18-12/h1-7H. The van der Waals surface area contributed by atoms with Crippen molar-refractivity contribution in [2.24, 2.45) is 0 Å². The van der Waals surface area contributed by atoms with Crippen LogP contribution in [0.2, 0.25) is 0 Å². The number of aromatic nitrogens is 3. The van der Waals surface area contributed by atoms with Crippen LogP contribution in [0, 0.1) is 10.1 Å². The van der Waals surface area contributed by atoms with E-state index >= 15 is 0 Å². The maximum absolute atomic E-state index is 12.5. The molecule has 0 aliphatic carbocycles. The number of benzene rings is 1. The first-order valence-corrected chi connectivity index (χ1v) is 6.03. The van der Waals surface area contributed by atoms with Crippen molar-refractivity contribution in [1.82, 2.24) is 14.6 Å². The van der Waals surface area contributed by atoms with Crippen molar-refractivity contribution in [2.45, 2.75) is 6.18 Å². The van der Waals surface area contributed by atoms with Gasteiger partial charge >= 0.3 is 6.18 Å². The molecule has 22 heavy (non-hydrogen) atoms. The fraction of sp³-hybridized carbons (Fsp3) is 0.0769. The van der Waals surface area contributed by atoms with Crippen molar-refractivity contribution in [3.05, 3.63) is 58.3 Å². The quantitative estimate of drug-likeness (QED) is 0.537. The van der Waals surface area contributed by atoms with Crippen LogP contribution in [0.3, 0.4) is 0 Å². The molecule has 0 atom stereocenters. The van der Waals surface area contributed by atoms with E-state index in [4.69, 9.17) is 0 Å². The van der Waals surface area contributed by atoms with Crippen LogP contribution < -0.4 is 0 Å². The summed E-state index contributed by atoms with van der Waals surface area (Å²) in [5.74, 6) is 0.189. The minimum atomic E-state index is -4.41. The Morgan fingerprint density at radius 1 is 1.09 bits per heavy atom. The molecule has 0 unspecified atom stereocenters. The van der Waals surface area contributed by atoms with Crippen LogP contribution in [-0.2, 0) is 6.18 Å². The predicted octanol–water partition coefficient (Wildman–Crippen LogP) is 3.32. The van der Waals surface area contributed by atoms with Gasteiger partial charge in [-0.15, -0.1) is 5.10 Å². The molecule has 0 fully saturated rings. The second kappa shape index (κ2) is 4.79. The lowest BCUT2D eigenvalue weighted by molar-refractivity contribution is -0.385. The number of hydrogen-bond acceptors (Lipinski definition) is 4. The Morgan fingerprint density at radius 2 is 1.77 bits per heavy atom. The summed E-state index contributed by atoms with van der Waals surface area (Å²) in [5.41, 5.74) is -0.174. The maximum Gasteiger partial charge on any atom is 0.416 e. The fourth-order valence-corrected chi connectivity index (χ4v) is 1.91. The number of rotatable bonds is 2. The van der Waals surface area contributed by atoms with Crippen molar-refractivity contribution >= 4 is 11.3 Å². The highest BCUT2D eigenvalue weighted by molar-refractivity contribution is 5.59. The smallest absolute Gasteiger partial charge is 0.258 e. The zero-order valence-electron chi connectivity index (χ0n) is 10.8. The third kappa shape index (κ3) is 2.48. The zero-order valence-corrected chi connectivity index (χ0v) is 10.8. The van der Waals surface area contributed by atoms with Gasteiger partial charge in [0.1, 0.15) is 6.20 Å². The molecule has 2 aromatic heterocycles. The van der Waals surface area contributed by atoms with Gasteiger partial charge in [0.2, 0.25) is 0 Å². The summed E-state index contributed by atoms with van der Waals surface area (Å²) in [4.78, 5) is 14.2. The molecule has 2 heterocycles. The zero-order chi connectivity index (χ0) is 15.9. The Balaban J connectivity index is 2.01. The van der Waals surface area contributed by atoms with E-state index in [9.17, 15) is 23.3 Å². The Bertz CT molecular complexity index is 856. The van der Waals surface area contributed by atoms with E-state index in [-0.39, 0.29) is 11.5 Å². The molecule has 6 nitrogen and oxygen atoms in total. The van der Waals surface area contributed by atoms with Crippen LogP contribution in [0.25, 0.3) is 17.0 Å². The van der Waals surface area contributed by atoms with Gasteiger partial charge < -0.3 is 0 Å². The third-order valence-corrected chi connectivity index (χ3v) is 3.00. The molecule has 0 spiro atoms. The summed E-state index contributed by atoms with van der Waals surface area (Å²) in [5, 5.41) is 14.7. The molecule has 3 aromatic rings. The van der Waals surface area contributed by atoms with E-state index in [1.54, 1.807) is 0 Å². The van der Waals surface area contributed by atoms with Crippen molar-refractivity contribution in [2.75, 3.05) is 0 Å². The van der Waals surface area contributed by atoms with Gasteiger partial charge in [0.05, 0.1) is 10.5 Å². The molecule has 0 N–H and O–H groups in total. The first-order valence-electron chi connectivity index (χ1n) is 6.03. The molecule has 3 rings (SSSR count). The number of pyridine rings is 1. The van der Waals surface area contributed by atoms with Crippen molar-refractivity contribution in [3.63, 3.8) is 0 Å². The molecule has 9 heteroatoms. The highest BCUT2D eigenvalue weighted by Gasteiger charge is 2.30. The molecule has 112 valence electrons. The first kappa shape index (κ1) is 14.0. The normalized spacial score (nSPS) is 11.8. The molecular weight excluding hydrogens is 301 g/mol. The number of nitrogens with zero attached hydrogens (tertiary/aromatic N) is 4. The second-order valence-electron chi connectivity index (χ2n) is 4.46. The number of fused-ring (bicyclic) bond motifs is 1. The van der Waals surface area contributed by atoms with Crippen molar-refractivity contribution < 1.29 is 18.1 Å². The first-order chi connectivity index (χ1) is 10.3. The largest absolute Gasteiger partial charge is 0.416 e. The van der Waals surface area contributed by atoms with Crippen LogP contribution in [0.15, 0.2) is 42.6 Å². The highest BCUT2D eigenvalue weighted by atomic mass is 19.4. The third-order valence-electron chi connectivity index (χ3n) is 3.00. The topological polar surface area (TPSA) is 73.3 Å². The van der Waals surface area contributed by atoms with Crippen LogP contribution >= 0.6 is 0 Å². The summed E-state index contributed by atoms with van der Waals surface area (Å²) < 4.78 is 38.7. The molecular formula is C13H7F3N4O2. The summed E-state index contributed by atoms with van der Waals surface area (Å²) in [6.07, 6.45) is -3.22. The average Bonchev–Trinajstić information content (AvgIpc) is 2.89. The Hall–Kier alpha value is -2.97. The lowest BCUT2D eigenvalue weighted by Crippen LogP contribution is -2.04. The summed E-state index contributed by atoms with van der Waals surface area (Å²) in [6.45, 7) is 0. The predicted molar refractivity (Wildman–Crippen MR) is 70.1 cm³/mol. The number of halogens is 3. The van der Waals surface area contributed by atoms with E-state index in [1.165, 1.54) is 35.0 Å². The van der Waals surface area contributed by atoms with Gasteiger partial charge in [-0.3, -0.25) is 10.1 Å². The Labute approximate surface area is 121 Å². The van der Waals surface area contributed by atoms with E-state index in [0.717, 1.165) is 12.1 Å². The average molecular weight is 308 g/mol. The lowest BCUT2D eigenvalue weighted by Gasteiger charge is -2.05. The van der Waals surface area contributed by atoms with Gasteiger partial charge in [-0.1, -0.05) is 12.1 Å². The Kier molecular flexibility index (Phi) is 3.05. The summed E-state index contributed by atoms with van der Waals surface area (Å²) >= 11 is 0. The maximum atomic E-state index is 12.5.